The van der Waals surface area contributed by atoms with Gasteiger partial charge in [-0.15, -0.1) is 0 Å². The minimum absolute atomic E-state index is 0.162. The number of anilines is 1. The van der Waals surface area contributed by atoms with E-state index in [-0.39, 0.29) is 24.6 Å². The van der Waals surface area contributed by atoms with Crippen LogP contribution >= 0.6 is 0 Å². The van der Waals surface area contributed by atoms with Gasteiger partial charge in [-0.2, -0.15) is 13.2 Å². The SMILES string of the molecule is CCc1cccc(CC)c1NC(=O)COC(=O)C1CCN(C(=O)c2ccc(C(F)(F)F)cc2)CC1. The van der Waals surface area contributed by atoms with Gasteiger partial charge >= 0.3 is 12.1 Å². The number of benzene rings is 2. The van der Waals surface area contributed by atoms with Crippen LogP contribution in [0.2, 0.25) is 0 Å². The summed E-state index contributed by atoms with van der Waals surface area (Å²) in [6, 6.07) is 9.91. The lowest BCUT2D eigenvalue weighted by molar-refractivity contribution is -0.152. The van der Waals surface area contributed by atoms with Crippen molar-refractivity contribution in [3.05, 3.63) is 64.7 Å². The minimum Gasteiger partial charge on any atom is -0.455 e. The third-order valence-electron chi connectivity index (χ3n) is 6.18. The Bertz CT molecular complexity index is 1040. The number of nitrogens with one attached hydrogen (secondary N) is 1. The van der Waals surface area contributed by atoms with E-state index in [1.807, 2.05) is 32.0 Å². The minimum atomic E-state index is -4.46. The Hall–Kier alpha value is -3.36. The van der Waals surface area contributed by atoms with Crippen LogP contribution in [0.4, 0.5) is 18.9 Å². The third kappa shape index (κ3) is 6.61. The van der Waals surface area contributed by atoms with Crippen molar-refractivity contribution in [3.8, 4) is 0 Å². The number of carbonyl (C=O) groups excluding carboxylic acids is 3. The van der Waals surface area contributed by atoms with Crippen LogP contribution < -0.4 is 5.32 Å². The lowest BCUT2D eigenvalue weighted by Crippen LogP contribution is -2.41. The number of esters is 1. The number of alkyl halides is 3. The number of carbonyl (C=O) groups is 3. The number of likely N-dealkylation sites (tertiary alicyclic amines) is 1. The fraction of sp³-hybridized carbons (Fsp3) is 0.423. The molecule has 2 aromatic carbocycles. The lowest BCUT2D eigenvalue weighted by atomic mass is 9.96. The predicted molar refractivity (Wildman–Crippen MR) is 125 cm³/mol. The van der Waals surface area contributed by atoms with Gasteiger partial charge < -0.3 is 15.0 Å². The van der Waals surface area contributed by atoms with E-state index in [0.29, 0.717) is 12.8 Å². The highest BCUT2D eigenvalue weighted by Gasteiger charge is 2.32. The molecule has 9 heteroatoms. The summed E-state index contributed by atoms with van der Waals surface area (Å²) in [4.78, 5) is 39.0. The molecular formula is C26H29F3N2O4. The molecular weight excluding hydrogens is 461 g/mol. The van der Waals surface area contributed by atoms with Crippen LogP contribution in [0.3, 0.4) is 0 Å². The highest BCUT2D eigenvalue weighted by molar-refractivity contribution is 5.95. The highest BCUT2D eigenvalue weighted by atomic mass is 19.4. The summed E-state index contributed by atoms with van der Waals surface area (Å²) in [6.07, 6.45) is -2.24. The van der Waals surface area contributed by atoms with Gasteiger partial charge in [0.15, 0.2) is 6.61 Å². The summed E-state index contributed by atoms with van der Waals surface area (Å²) in [5, 5.41) is 2.85. The zero-order valence-electron chi connectivity index (χ0n) is 19.8. The largest absolute Gasteiger partial charge is 0.455 e. The molecule has 1 heterocycles. The van der Waals surface area contributed by atoms with Crippen molar-refractivity contribution in [2.75, 3.05) is 25.0 Å². The van der Waals surface area contributed by atoms with E-state index < -0.39 is 36.1 Å². The number of aryl methyl sites for hydroxylation is 2. The van der Waals surface area contributed by atoms with Gasteiger partial charge in [0, 0.05) is 24.3 Å². The van der Waals surface area contributed by atoms with Crippen molar-refractivity contribution >= 4 is 23.5 Å². The van der Waals surface area contributed by atoms with E-state index in [1.54, 1.807) is 0 Å². The number of amides is 2. The highest BCUT2D eigenvalue weighted by Crippen LogP contribution is 2.29. The topological polar surface area (TPSA) is 75.7 Å². The van der Waals surface area contributed by atoms with Crippen LogP contribution in [0.5, 0.6) is 0 Å². The Kier molecular flexibility index (Phi) is 8.53. The van der Waals surface area contributed by atoms with Crippen molar-refractivity contribution in [1.29, 1.82) is 0 Å². The number of halogens is 3. The van der Waals surface area contributed by atoms with E-state index in [4.69, 9.17) is 4.74 Å². The molecule has 1 aliphatic heterocycles. The first-order valence-electron chi connectivity index (χ1n) is 11.7. The molecule has 2 amide bonds. The molecule has 6 nitrogen and oxygen atoms in total. The van der Waals surface area contributed by atoms with Gasteiger partial charge in [0.05, 0.1) is 11.5 Å². The standard InChI is InChI=1S/C26H29F3N2O4/c1-3-17-6-5-7-18(4-2)23(17)30-22(32)16-35-25(34)20-12-14-31(15-13-20)24(33)19-8-10-21(11-9-19)26(27,28)29/h5-11,20H,3-4,12-16H2,1-2H3,(H,30,32). The summed E-state index contributed by atoms with van der Waals surface area (Å²) in [7, 11) is 0. The van der Waals surface area contributed by atoms with Crippen LogP contribution in [-0.4, -0.2) is 42.4 Å². The van der Waals surface area contributed by atoms with Crippen LogP contribution in [0, 0.1) is 5.92 Å². The Morgan fingerprint density at radius 3 is 2.06 bits per heavy atom. The Balaban J connectivity index is 1.48. The van der Waals surface area contributed by atoms with Gasteiger partial charge in [-0.25, -0.2) is 0 Å². The Morgan fingerprint density at radius 1 is 0.971 bits per heavy atom. The second-order valence-corrected chi connectivity index (χ2v) is 8.46. The zero-order chi connectivity index (χ0) is 25.6. The molecule has 35 heavy (non-hydrogen) atoms. The number of hydrogen-bond donors (Lipinski definition) is 1. The summed E-state index contributed by atoms with van der Waals surface area (Å²) >= 11 is 0. The number of piperidine rings is 1. The molecule has 1 saturated heterocycles. The average molecular weight is 491 g/mol. The van der Waals surface area contributed by atoms with Crippen LogP contribution in [-0.2, 0) is 33.3 Å². The van der Waals surface area contributed by atoms with Crippen molar-refractivity contribution in [3.63, 3.8) is 0 Å². The summed E-state index contributed by atoms with van der Waals surface area (Å²) in [6.45, 7) is 4.15. The quantitative estimate of drug-likeness (QED) is 0.563. The van der Waals surface area contributed by atoms with E-state index in [2.05, 4.69) is 5.32 Å². The number of rotatable bonds is 7. The second kappa shape index (κ2) is 11.4. The van der Waals surface area contributed by atoms with Crippen LogP contribution in [0.25, 0.3) is 0 Å². The molecule has 0 radical (unpaired) electrons. The number of hydrogen-bond acceptors (Lipinski definition) is 4. The van der Waals surface area contributed by atoms with Gasteiger partial charge in [-0.3, -0.25) is 14.4 Å². The first-order chi connectivity index (χ1) is 16.6. The molecule has 188 valence electrons. The van der Waals surface area contributed by atoms with Gasteiger partial charge in [-0.05, 0) is 61.1 Å². The molecule has 2 aromatic rings. The molecule has 1 aliphatic rings. The molecule has 0 spiro atoms. The molecule has 0 atom stereocenters. The van der Waals surface area contributed by atoms with E-state index >= 15 is 0 Å². The second-order valence-electron chi connectivity index (χ2n) is 8.46. The molecule has 1 fully saturated rings. The summed E-state index contributed by atoms with van der Waals surface area (Å²) < 4.78 is 43.4. The van der Waals surface area contributed by atoms with E-state index in [9.17, 15) is 27.6 Å². The Morgan fingerprint density at radius 2 is 1.54 bits per heavy atom. The van der Waals surface area contributed by atoms with Gasteiger partial charge in [0.2, 0.25) is 0 Å². The zero-order valence-corrected chi connectivity index (χ0v) is 19.8. The smallest absolute Gasteiger partial charge is 0.416 e. The maximum absolute atomic E-state index is 12.7. The molecule has 0 bridgehead atoms. The summed E-state index contributed by atoms with van der Waals surface area (Å²) in [5.74, 6) is -1.75. The first-order valence-corrected chi connectivity index (χ1v) is 11.7. The van der Waals surface area contributed by atoms with Crippen molar-refractivity contribution < 1.29 is 32.3 Å². The fourth-order valence-corrected chi connectivity index (χ4v) is 4.14. The van der Waals surface area contributed by atoms with Crippen LogP contribution in [0.1, 0.15) is 53.7 Å². The molecule has 0 unspecified atom stereocenters. The maximum atomic E-state index is 12.7. The maximum Gasteiger partial charge on any atom is 0.416 e. The number of nitrogens with zero attached hydrogens (tertiary/aromatic N) is 1. The Labute approximate surface area is 202 Å². The normalized spacial score (nSPS) is 14.5. The monoisotopic (exact) mass is 490 g/mol. The molecule has 0 aliphatic carbocycles. The van der Waals surface area contributed by atoms with Crippen LogP contribution in [0.15, 0.2) is 42.5 Å². The number of para-hydroxylation sites is 1. The van der Waals surface area contributed by atoms with Crippen molar-refractivity contribution in [2.45, 2.75) is 45.7 Å². The number of ether oxygens (including phenoxy) is 1. The van der Waals surface area contributed by atoms with Gasteiger partial charge in [-0.1, -0.05) is 32.0 Å². The van der Waals surface area contributed by atoms with Gasteiger partial charge in [0.1, 0.15) is 0 Å². The summed E-state index contributed by atoms with van der Waals surface area (Å²) in [5.41, 5.74) is 2.12. The fourth-order valence-electron chi connectivity index (χ4n) is 4.14. The lowest BCUT2D eigenvalue weighted by Gasteiger charge is -2.31. The third-order valence-corrected chi connectivity index (χ3v) is 6.18. The average Bonchev–Trinajstić information content (AvgIpc) is 2.86. The molecule has 0 saturated carbocycles. The van der Waals surface area contributed by atoms with Gasteiger partial charge in [0.25, 0.3) is 11.8 Å². The first kappa shape index (κ1) is 26.2. The van der Waals surface area contributed by atoms with Crippen molar-refractivity contribution in [1.82, 2.24) is 4.90 Å². The molecule has 1 N–H and O–H groups in total. The predicted octanol–water partition coefficient (Wildman–Crippen LogP) is 4.86. The van der Waals surface area contributed by atoms with E-state index in [1.165, 1.54) is 4.90 Å². The molecule has 0 aromatic heterocycles. The molecule has 3 rings (SSSR count). The van der Waals surface area contributed by atoms with Crippen molar-refractivity contribution in [2.24, 2.45) is 5.92 Å². The van der Waals surface area contributed by atoms with E-state index in [0.717, 1.165) is 53.9 Å².